The van der Waals surface area contributed by atoms with Crippen LogP contribution in [-0.4, -0.2) is 14.6 Å². The van der Waals surface area contributed by atoms with Crippen molar-refractivity contribution >= 4 is 28.8 Å². The van der Waals surface area contributed by atoms with E-state index in [9.17, 15) is 13.2 Å². The summed E-state index contributed by atoms with van der Waals surface area (Å²) in [7, 11) is 0. The molecule has 0 saturated heterocycles. The molecule has 0 saturated carbocycles. The van der Waals surface area contributed by atoms with Gasteiger partial charge in [0, 0.05) is 17.2 Å². The number of hydrogen-bond donors (Lipinski definition) is 0. The van der Waals surface area contributed by atoms with E-state index in [4.69, 9.17) is 23.2 Å². The van der Waals surface area contributed by atoms with E-state index in [1.807, 2.05) is 6.07 Å². The average molecular weight is 408 g/mol. The lowest BCUT2D eigenvalue weighted by Gasteiger charge is -2.11. The number of fused-ring (bicyclic) bond motifs is 1. The Morgan fingerprint density at radius 1 is 0.778 bits per heavy atom. The molecule has 0 spiro atoms. The van der Waals surface area contributed by atoms with Crippen molar-refractivity contribution < 1.29 is 13.2 Å². The fourth-order valence-corrected chi connectivity index (χ4v) is 3.03. The lowest BCUT2D eigenvalue weighted by atomic mass is 10.1. The summed E-state index contributed by atoms with van der Waals surface area (Å²) in [5, 5.41) is 4.65. The van der Waals surface area contributed by atoms with Gasteiger partial charge in [0.05, 0.1) is 21.4 Å². The molecule has 2 aromatic carbocycles. The summed E-state index contributed by atoms with van der Waals surface area (Å²) in [5.41, 5.74) is 0.834. The quantitative estimate of drug-likeness (QED) is 0.385. The van der Waals surface area contributed by atoms with Gasteiger partial charge in [-0.15, -0.1) is 0 Å². The zero-order chi connectivity index (χ0) is 19.2. The molecule has 0 unspecified atom stereocenters. The highest BCUT2D eigenvalue weighted by molar-refractivity contribution is 6.42. The number of benzene rings is 2. The zero-order valence-corrected chi connectivity index (χ0v) is 15.0. The lowest BCUT2D eigenvalue weighted by molar-refractivity contribution is -0.142. The molecule has 2 heterocycles. The van der Waals surface area contributed by atoms with Crippen molar-refractivity contribution in [2.45, 2.75) is 6.18 Å². The summed E-state index contributed by atoms with van der Waals surface area (Å²) in [6, 6.07) is 16.0. The second-order valence-electron chi connectivity index (χ2n) is 5.82. The Hall–Kier alpha value is -2.57. The maximum Gasteiger partial charge on any atom is 0.433 e. The maximum atomic E-state index is 13.6. The largest absolute Gasteiger partial charge is 0.433 e. The topological polar surface area (TPSA) is 30.2 Å². The summed E-state index contributed by atoms with van der Waals surface area (Å²) < 4.78 is 41.7. The van der Waals surface area contributed by atoms with Gasteiger partial charge in [-0.3, -0.25) is 0 Å². The minimum absolute atomic E-state index is 0.0877. The van der Waals surface area contributed by atoms with E-state index >= 15 is 0 Å². The first kappa shape index (κ1) is 17.8. The second kappa shape index (κ2) is 6.55. The van der Waals surface area contributed by atoms with E-state index in [1.54, 1.807) is 30.3 Å². The van der Waals surface area contributed by atoms with Crippen molar-refractivity contribution in [1.29, 1.82) is 0 Å². The Labute approximate surface area is 162 Å². The first-order valence-corrected chi connectivity index (χ1v) is 8.57. The van der Waals surface area contributed by atoms with Gasteiger partial charge in [-0.1, -0.05) is 59.6 Å². The van der Waals surface area contributed by atoms with Crippen LogP contribution in [0.15, 0.2) is 60.7 Å². The first-order chi connectivity index (χ1) is 12.8. The van der Waals surface area contributed by atoms with Crippen LogP contribution in [0.5, 0.6) is 0 Å². The highest BCUT2D eigenvalue weighted by Gasteiger charge is 2.35. The third-order valence-electron chi connectivity index (χ3n) is 4.00. The van der Waals surface area contributed by atoms with Crippen LogP contribution >= 0.6 is 23.2 Å². The Kier molecular flexibility index (Phi) is 4.32. The van der Waals surface area contributed by atoms with Crippen molar-refractivity contribution in [3.8, 4) is 22.5 Å². The summed E-state index contributed by atoms with van der Waals surface area (Å²) in [6.45, 7) is 0. The second-order valence-corrected chi connectivity index (χ2v) is 6.63. The molecule has 0 atom stereocenters. The molecule has 0 aliphatic carbocycles. The summed E-state index contributed by atoms with van der Waals surface area (Å²) in [4.78, 5) is 4.34. The smallest absolute Gasteiger partial charge is 0.228 e. The number of alkyl halides is 3. The molecule has 27 heavy (non-hydrogen) atoms. The van der Waals surface area contributed by atoms with Crippen LogP contribution in [0.3, 0.4) is 0 Å². The van der Waals surface area contributed by atoms with Crippen LogP contribution in [0, 0.1) is 0 Å². The van der Waals surface area contributed by atoms with Crippen LogP contribution < -0.4 is 0 Å². The molecule has 2 aromatic heterocycles. The highest BCUT2D eigenvalue weighted by Crippen LogP contribution is 2.34. The highest BCUT2D eigenvalue weighted by atomic mass is 35.5. The van der Waals surface area contributed by atoms with Crippen molar-refractivity contribution in [3.63, 3.8) is 0 Å². The maximum absolute atomic E-state index is 13.6. The summed E-state index contributed by atoms with van der Waals surface area (Å²) >= 11 is 11.9. The summed E-state index contributed by atoms with van der Waals surface area (Å²) in [5.74, 6) is 0. The molecule has 0 N–H and O–H groups in total. The monoisotopic (exact) mass is 407 g/mol. The minimum Gasteiger partial charge on any atom is -0.228 e. The van der Waals surface area contributed by atoms with Gasteiger partial charge in [-0.05, 0) is 18.2 Å². The van der Waals surface area contributed by atoms with Crippen molar-refractivity contribution in [1.82, 2.24) is 14.6 Å². The summed E-state index contributed by atoms with van der Waals surface area (Å²) in [6.07, 6.45) is -4.61. The van der Waals surface area contributed by atoms with Gasteiger partial charge in [-0.25, -0.2) is 9.50 Å². The van der Waals surface area contributed by atoms with Crippen molar-refractivity contribution in [3.05, 3.63) is 76.4 Å². The van der Waals surface area contributed by atoms with Gasteiger partial charge in [0.2, 0.25) is 0 Å². The SMILES string of the molecule is FC(F)(F)c1cc(-c2ccc(Cl)c(Cl)c2)nc2cc(-c3ccccc3)nn12. The third kappa shape index (κ3) is 3.38. The molecular weight excluding hydrogens is 398 g/mol. The van der Waals surface area contributed by atoms with Gasteiger partial charge in [0.25, 0.3) is 0 Å². The number of aromatic nitrogens is 3. The Balaban J connectivity index is 1.95. The normalized spacial score (nSPS) is 11.9. The number of hydrogen-bond acceptors (Lipinski definition) is 2. The predicted molar refractivity (Wildman–Crippen MR) is 98.9 cm³/mol. The Bertz CT molecular complexity index is 1140. The van der Waals surface area contributed by atoms with Gasteiger partial charge >= 0.3 is 6.18 Å². The fourth-order valence-electron chi connectivity index (χ4n) is 2.73. The van der Waals surface area contributed by atoms with Crippen LogP contribution in [-0.2, 0) is 6.18 Å². The number of halogens is 5. The molecule has 3 nitrogen and oxygen atoms in total. The number of rotatable bonds is 2. The molecule has 8 heteroatoms. The molecule has 0 radical (unpaired) electrons. The van der Waals surface area contributed by atoms with Crippen LogP contribution in [0.1, 0.15) is 5.69 Å². The molecule has 0 amide bonds. The third-order valence-corrected chi connectivity index (χ3v) is 4.74. The predicted octanol–water partition coefficient (Wildman–Crippen LogP) is 6.39. The molecule has 0 aliphatic rings. The standard InChI is InChI=1S/C19H10Cl2F3N3/c20-13-7-6-12(8-14(13)21)15-9-17(19(22,23)24)27-18(25-15)10-16(26-27)11-4-2-1-3-5-11/h1-10H. The first-order valence-electron chi connectivity index (χ1n) is 7.82. The zero-order valence-electron chi connectivity index (χ0n) is 13.5. The van der Waals surface area contributed by atoms with E-state index in [2.05, 4.69) is 10.1 Å². The van der Waals surface area contributed by atoms with E-state index in [0.717, 1.165) is 10.6 Å². The van der Waals surface area contributed by atoms with Crippen LogP contribution in [0.4, 0.5) is 13.2 Å². The Morgan fingerprint density at radius 3 is 2.19 bits per heavy atom. The van der Waals surface area contributed by atoms with Gasteiger partial charge in [-0.2, -0.15) is 18.3 Å². The lowest BCUT2D eigenvalue weighted by Crippen LogP contribution is -2.13. The molecule has 4 aromatic rings. The molecule has 136 valence electrons. The van der Waals surface area contributed by atoms with Gasteiger partial charge in [0.15, 0.2) is 11.3 Å². The van der Waals surface area contributed by atoms with E-state index < -0.39 is 11.9 Å². The van der Waals surface area contributed by atoms with E-state index in [1.165, 1.54) is 18.2 Å². The van der Waals surface area contributed by atoms with E-state index in [-0.39, 0.29) is 16.4 Å². The van der Waals surface area contributed by atoms with E-state index in [0.29, 0.717) is 21.8 Å². The Morgan fingerprint density at radius 2 is 1.52 bits per heavy atom. The van der Waals surface area contributed by atoms with Crippen LogP contribution in [0.2, 0.25) is 10.0 Å². The molecule has 0 bridgehead atoms. The average Bonchev–Trinajstić information content (AvgIpc) is 3.07. The van der Waals surface area contributed by atoms with Gasteiger partial charge in [0.1, 0.15) is 0 Å². The molecule has 0 fully saturated rings. The minimum atomic E-state index is -4.61. The van der Waals surface area contributed by atoms with Crippen LogP contribution in [0.25, 0.3) is 28.2 Å². The molecule has 4 rings (SSSR count). The van der Waals surface area contributed by atoms with Crippen molar-refractivity contribution in [2.75, 3.05) is 0 Å². The van der Waals surface area contributed by atoms with Crippen molar-refractivity contribution in [2.24, 2.45) is 0 Å². The number of nitrogens with zero attached hydrogens (tertiary/aromatic N) is 3. The van der Waals surface area contributed by atoms with Gasteiger partial charge < -0.3 is 0 Å². The fraction of sp³-hybridized carbons (Fsp3) is 0.0526. The molecular formula is C19H10Cl2F3N3. The molecule has 0 aliphatic heterocycles.